The van der Waals surface area contributed by atoms with Crippen LogP contribution in [0.5, 0.6) is 0 Å². The Morgan fingerprint density at radius 3 is 3.18 bits per heavy atom. The number of methoxy groups -OCH3 is 1. The first-order valence-corrected chi connectivity index (χ1v) is 6.62. The molecule has 2 rings (SSSR count). The van der Waals surface area contributed by atoms with Gasteiger partial charge in [-0.1, -0.05) is 6.07 Å². The molecule has 94 valence electrons. The summed E-state index contributed by atoms with van der Waals surface area (Å²) in [5.74, 6) is 2.14. The zero-order valence-electron chi connectivity index (χ0n) is 10.2. The van der Waals surface area contributed by atoms with Crippen LogP contribution >= 0.6 is 11.6 Å². The third-order valence-corrected chi connectivity index (χ3v) is 3.45. The summed E-state index contributed by atoms with van der Waals surface area (Å²) in [5.41, 5.74) is 0.943. The smallest absolute Gasteiger partial charge is 0.128 e. The van der Waals surface area contributed by atoms with E-state index in [0.717, 1.165) is 31.2 Å². The number of halogens is 1. The minimum Gasteiger partial charge on any atom is -0.384 e. The Morgan fingerprint density at radius 1 is 1.53 bits per heavy atom. The second-order valence-electron chi connectivity index (χ2n) is 4.53. The van der Waals surface area contributed by atoms with E-state index in [0.29, 0.717) is 11.8 Å². The van der Waals surface area contributed by atoms with Crippen molar-refractivity contribution in [3.63, 3.8) is 0 Å². The van der Waals surface area contributed by atoms with Gasteiger partial charge in [0.2, 0.25) is 0 Å². The molecule has 0 N–H and O–H groups in total. The van der Waals surface area contributed by atoms with E-state index in [1.807, 2.05) is 12.1 Å². The van der Waals surface area contributed by atoms with E-state index >= 15 is 0 Å². The Hall–Kier alpha value is -0.800. The van der Waals surface area contributed by atoms with E-state index in [9.17, 15) is 0 Å². The average molecular weight is 255 g/mol. The summed E-state index contributed by atoms with van der Waals surface area (Å²) >= 11 is 5.82. The van der Waals surface area contributed by atoms with Gasteiger partial charge in [-0.3, -0.25) is 0 Å². The molecule has 0 radical (unpaired) electrons. The van der Waals surface area contributed by atoms with Crippen molar-refractivity contribution in [1.82, 2.24) is 4.98 Å². The zero-order chi connectivity index (χ0) is 12.1. The second-order valence-corrected chi connectivity index (χ2v) is 4.80. The molecule has 4 heteroatoms. The van der Waals surface area contributed by atoms with Gasteiger partial charge < -0.3 is 9.64 Å². The largest absolute Gasteiger partial charge is 0.384 e. The lowest BCUT2D eigenvalue weighted by molar-refractivity contribution is 0.143. The molecule has 0 aromatic carbocycles. The van der Waals surface area contributed by atoms with E-state index in [2.05, 4.69) is 16.0 Å². The van der Waals surface area contributed by atoms with Gasteiger partial charge in [0.25, 0.3) is 0 Å². The molecule has 0 spiro atoms. The molecule has 17 heavy (non-hydrogen) atoms. The van der Waals surface area contributed by atoms with Crippen LogP contribution in [0.4, 0.5) is 5.82 Å². The van der Waals surface area contributed by atoms with E-state index in [-0.39, 0.29) is 0 Å². The van der Waals surface area contributed by atoms with Crippen LogP contribution in [-0.2, 0) is 10.6 Å². The molecular formula is C13H19ClN2O. The summed E-state index contributed by atoms with van der Waals surface area (Å²) in [5, 5.41) is 0. The lowest BCUT2D eigenvalue weighted by Crippen LogP contribution is -2.37. The molecule has 1 aliphatic heterocycles. The van der Waals surface area contributed by atoms with Crippen LogP contribution in [0, 0.1) is 5.92 Å². The highest BCUT2D eigenvalue weighted by Gasteiger charge is 2.20. The van der Waals surface area contributed by atoms with Gasteiger partial charge in [-0.2, -0.15) is 0 Å². The van der Waals surface area contributed by atoms with Crippen molar-refractivity contribution >= 4 is 17.4 Å². The minimum atomic E-state index is 0.475. The van der Waals surface area contributed by atoms with Crippen molar-refractivity contribution in [2.45, 2.75) is 18.7 Å². The number of ether oxygens (including phenoxy) is 1. The predicted molar refractivity (Wildman–Crippen MR) is 70.6 cm³/mol. The van der Waals surface area contributed by atoms with Gasteiger partial charge in [-0.05, 0) is 30.9 Å². The monoisotopic (exact) mass is 254 g/mol. The van der Waals surface area contributed by atoms with E-state index < -0.39 is 0 Å². The molecule has 1 fully saturated rings. The fraction of sp³-hybridized carbons (Fsp3) is 0.615. The zero-order valence-corrected chi connectivity index (χ0v) is 11.0. The number of piperidine rings is 1. The maximum atomic E-state index is 5.82. The maximum absolute atomic E-state index is 5.82. The minimum absolute atomic E-state index is 0.475. The Labute approximate surface area is 108 Å². The van der Waals surface area contributed by atoms with Crippen LogP contribution < -0.4 is 4.90 Å². The number of rotatable bonds is 4. The molecule has 1 saturated heterocycles. The summed E-state index contributed by atoms with van der Waals surface area (Å²) in [6.45, 7) is 2.96. The van der Waals surface area contributed by atoms with Crippen LogP contribution in [-0.4, -0.2) is 31.8 Å². The Kier molecular flexibility index (Phi) is 4.63. The third kappa shape index (κ3) is 3.33. The Bertz CT molecular complexity index is 357. The van der Waals surface area contributed by atoms with Crippen LogP contribution in [0.15, 0.2) is 18.2 Å². The number of anilines is 1. The molecular weight excluding hydrogens is 236 g/mol. The van der Waals surface area contributed by atoms with Gasteiger partial charge >= 0.3 is 0 Å². The van der Waals surface area contributed by atoms with E-state index in [1.54, 1.807) is 7.11 Å². The van der Waals surface area contributed by atoms with Gasteiger partial charge in [0.05, 0.1) is 18.2 Å². The van der Waals surface area contributed by atoms with Gasteiger partial charge in [0, 0.05) is 20.2 Å². The summed E-state index contributed by atoms with van der Waals surface area (Å²) in [7, 11) is 1.77. The lowest BCUT2D eigenvalue weighted by atomic mass is 9.99. The average Bonchev–Trinajstić information content (AvgIpc) is 2.40. The van der Waals surface area contributed by atoms with Crippen molar-refractivity contribution < 1.29 is 4.74 Å². The Morgan fingerprint density at radius 2 is 2.41 bits per heavy atom. The third-order valence-electron chi connectivity index (χ3n) is 3.17. The molecule has 0 bridgehead atoms. The summed E-state index contributed by atoms with van der Waals surface area (Å²) in [4.78, 5) is 6.90. The van der Waals surface area contributed by atoms with Crippen molar-refractivity contribution in [3.05, 3.63) is 23.9 Å². The van der Waals surface area contributed by atoms with Gasteiger partial charge in [-0.25, -0.2) is 4.98 Å². The van der Waals surface area contributed by atoms with Crippen molar-refractivity contribution in [2.75, 3.05) is 31.7 Å². The number of alkyl halides is 1. The lowest BCUT2D eigenvalue weighted by Gasteiger charge is -2.33. The van der Waals surface area contributed by atoms with E-state index in [4.69, 9.17) is 16.3 Å². The molecule has 1 atom stereocenters. The van der Waals surface area contributed by atoms with Crippen molar-refractivity contribution in [1.29, 1.82) is 0 Å². The van der Waals surface area contributed by atoms with Crippen molar-refractivity contribution in [2.24, 2.45) is 5.92 Å². The fourth-order valence-electron chi connectivity index (χ4n) is 2.36. The quantitative estimate of drug-likeness (QED) is 0.773. The molecule has 2 heterocycles. The van der Waals surface area contributed by atoms with Gasteiger partial charge in [0.1, 0.15) is 5.82 Å². The summed E-state index contributed by atoms with van der Waals surface area (Å²) in [6.07, 6.45) is 2.46. The highest BCUT2D eigenvalue weighted by molar-refractivity contribution is 6.16. The van der Waals surface area contributed by atoms with Crippen LogP contribution in [0.3, 0.4) is 0 Å². The first-order valence-electron chi connectivity index (χ1n) is 6.09. The summed E-state index contributed by atoms with van der Waals surface area (Å²) in [6, 6.07) is 6.05. The SMILES string of the molecule is COCC1CCCN(c2cccc(CCl)n2)C1. The molecule has 1 unspecified atom stereocenters. The number of hydrogen-bond acceptors (Lipinski definition) is 3. The first-order chi connectivity index (χ1) is 8.33. The molecule has 0 saturated carbocycles. The number of nitrogens with zero attached hydrogens (tertiary/aromatic N) is 2. The summed E-state index contributed by atoms with van der Waals surface area (Å²) < 4.78 is 5.24. The fourth-order valence-corrected chi connectivity index (χ4v) is 2.51. The molecule has 1 aromatic heterocycles. The molecule has 1 aliphatic rings. The Balaban J connectivity index is 2.05. The van der Waals surface area contributed by atoms with Crippen LogP contribution in [0.1, 0.15) is 18.5 Å². The molecule has 0 amide bonds. The van der Waals surface area contributed by atoms with Crippen LogP contribution in [0.25, 0.3) is 0 Å². The normalized spacial score (nSPS) is 20.6. The predicted octanol–water partition coefficient (Wildman–Crippen LogP) is 2.68. The highest BCUT2D eigenvalue weighted by Crippen LogP contribution is 2.22. The van der Waals surface area contributed by atoms with Crippen molar-refractivity contribution in [3.8, 4) is 0 Å². The second kappa shape index (κ2) is 6.22. The standard InChI is InChI=1S/C13H19ClN2O/c1-17-10-11-4-3-7-16(9-11)13-6-2-5-12(8-14)15-13/h2,5-6,11H,3-4,7-10H2,1H3. The molecule has 1 aromatic rings. The van der Waals surface area contributed by atoms with Gasteiger partial charge in [0.15, 0.2) is 0 Å². The number of aromatic nitrogens is 1. The topological polar surface area (TPSA) is 25.4 Å². The van der Waals surface area contributed by atoms with Crippen LogP contribution in [0.2, 0.25) is 0 Å². The van der Waals surface area contributed by atoms with Gasteiger partial charge in [-0.15, -0.1) is 11.6 Å². The van der Waals surface area contributed by atoms with E-state index in [1.165, 1.54) is 12.8 Å². The highest BCUT2D eigenvalue weighted by atomic mass is 35.5. The first kappa shape index (κ1) is 12.7. The number of hydrogen-bond donors (Lipinski definition) is 0. The molecule has 0 aliphatic carbocycles. The maximum Gasteiger partial charge on any atom is 0.128 e. The molecule has 3 nitrogen and oxygen atoms in total. The number of pyridine rings is 1.